The molecule has 0 aromatic heterocycles. The third-order valence-electron chi connectivity index (χ3n) is 9.34. The third-order valence-corrected chi connectivity index (χ3v) is 9.34. The molecule has 8 heteroatoms. The maximum absolute atomic E-state index is 16.0. The van der Waals surface area contributed by atoms with Crippen molar-refractivity contribution in [1.29, 1.82) is 0 Å². The number of hydrogen-bond acceptors (Lipinski definition) is 5. The minimum absolute atomic E-state index is 0.0522. The maximum Gasteiger partial charge on any atom is 0.255 e. The molecule has 3 aromatic rings. The number of benzene rings is 3. The molecule has 4 heterocycles. The van der Waals surface area contributed by atoms with Crippen molar-refractivity contribution in [3.05, 3.63) is 106 Å². The predicted molar refractivity (Wildman–Crippen MR) is 151 cm³/mol. The van der Waals surface area contributed by atoms with Crippen molar-refractivity contribution >= 4 is 17.7 Å². The molecule has 3 saturated heterocycles. The molecule has 41 heavy (non-hydrogen) atoms. The Hall–Kier alpha value is -3.88. The molecule has 0 spiro atoms. The van der Waals surface area contributed by atoms with E-state index in [0.717, 1.165) is 25.9 Å². The standard InChI is InChI=1S/C33H33FN4O3/c34-30-23(11-14-26-27(30)20-38(33(26)41)28-15-16-29(39)35-32(28)40)17-37-24-12-13-25(37)19-36(18-24)31(21-7-3-1-4-8-21)22-9-5-2-6-10-22/h1-11,14,24-25,28,31H,12-13,15-20H2,(H,35,39,40). The summed E-state index contributed by atoms with van der Waals surface area (Å²) in [7, 11) is 0. The zero-order chi connectivity index (χ0) is 28.1. The Morgan fingerprint density at radius 1 is 0.829 bits per heavy atom. The number of imide groups is 1. The van der Waals surface area contributed by atoms with Crippen LogP contribution >= 0.6 is 0 Å². The maximum atomic E-state index is 16.0. The number of piperazine rings is 1. The zero-order valence-corrected chi connectivity index (χ0v) is 22.8. The van der Waals surface area contributed by atoms with E-state index in [1.807, 2.05) is 0 Å². The summed E-state index contributed by atoms with van der Waals surface area (Å²) in [6, 6.07) is 24.8. The summed E-state index contributed by atoms with van der Waals surface area (Å²) in [6.45, 7) is 2.35. The van der Waals surface area contributed by atoms with E-state index in [0.29, 0.717) is 35.3 Å². The molecule has 0 radical (unpaired) electrons. The van der Waals surface area contributed by atoms with Crippen molar-refractivity contribution in [1.82, 2.24) is 20.0 Å². The fourth-order valence-corrected chi connectivity index (χ4v) is 7.35. The fourth-order valence-electron chi connectivity index (χ4n) is 7.35. The van der Waals surface area contributed by atoms with Gasteiger partial charge in [0.05, 0.1) is 12.6 Å². The number of carbonyl (C=O) groups is 3. The van der Waals surface area contributed by atoms with Crippen LogP contribution in [-0.4, -0.2) is 63.6 Å². The normalized spacial score (nSPS) is 24.7. The van der Waals surface area contributed by atoms with Gasteiger partial charge in [0.15, 0.2) is 0 Å². The first-order valence-electron chi connectivity index (χ1n) is 14.5. The lowest BCUT2D eigenvalue weighted by atomic mass is 9.95. The van der Waals surface area contributed by atoms with Crippen LogP contribution < -0.4 is 5.32 Å². The monoisotopic (exact) mass is 552 g/mol. The smallest absolute Gasteiger partial charge is 0.255 e. The van der Waals surface area contributed by atoms with Crippen molar-refractivity contribution in [3.8, 4) is 0 Å². The number of likely N-dealkylation sites (tertiary alicyclic amines) is 1. The number of nitrogens with one attached hydrogen (secondary N) is 1. The van der Waals surface area contributed by atoms with Gasteiger partial charge >= 0.3 is 0 Å². The molecule has 3 amide bonds. The molecule has 2 bridgehead atoms. The van der Waals surface area contributed by atoms with Crippen molar-refractivity contribution < 1.29 is 18.8 Å². The quantitative estimate of drug-likeness (QED) is 0.468. The lowest BCUT2D eigenvalue weighted by molar-refractivity contribution is -0.136. The Morgan fingerprint density at radius 2 is 1.46 bits per heavy atom. The lowest BCUT2D eigenvalue weighted by Gasteiger charge is -2.44. The van der Waals surface area contributed by atoms with Gasteiger partial charge in [-0.25, -0.2) is 4.39 Å². The van der Waals surface area contributed by atoms with Crippen LogP contribution in [0.4, 0.5) is 4.39 Å². The van der Waals surface area contributed by atoms with Gasteiger partial charge in [-0.1, -0.05) is 66.7 Å². The number of halogens is 1. The summed E-state index contributed by atoms with van der Waals surface area (Å²) in [6.07, 6.45) is 2.59. The minimum Gasteiger partial charge on any atom is -0.322 e. The number of rotatable bonds is 6. The summed E-state index contributed by atoms with van der Waals surface area (Å²) >= 11 is 0. The van der Waals surface area contributed by atoms with Crippen LogP contribution in [0.5, 0.6) is 0 Å². The second-order valence-electron chi connectivity index (χ2n) is 11.7. The van der Waals surface area contributed by atoms with Gasteiger partial charge in [0.1, 0.15) is 11.9 Å². The van der Waals surface area contributed by atoms with E-state index < -0.39 is 11.9 Å². The number of fused-ring (bicyclic) bond motifs is 3. The second-order valence-corrected chi connectivity index (χ2v) is 11.7. The Morgan fingerprint density at radius 3 is 2.07 bits per heavy atom. The lowest BCUT2D eigenvalue weighted by Crippen LogP contribution is -2.54. The molecule has 0 saturated carbocycles. The number of piperidine rings is 1. The van der Waals surface area contributed by atoms with E-state index in [9.17, 15) is 14.4 Å². The molecule has 3 fully saturated rings. The Bertz CT molecular complexity index is 1440. The molecule has 4 aliphatic rings. The average molecular weight is 553 g/mol. The van der Waals surface area contributed by atoms with E-state index in [1.54, 1.807) is 12.1 Å². The highest BCUT2D eigenvalue weighted by atomic mass is 19.1. The van der Waals surface area contributed by atoms with Gasteiger partial charge in [-0.15, -0.1) is 0 Å². The van der Waals surface area contributed by atoms with E-state index in [1.165, 1.54) is 16.0 Å². The van der Waals surface area contributed by atoms with Crippen LogP contribution in [0, 0.1) is 5.82 Å². The van der Waals surface area contributed by atoms with Crippen LogP contribution in [0.3, 0.4) is 0 Å². The average Bonchev–Trinajstić information content (AvgIpc) is 3.42. The van der Waals surface area contributed by atoms with Crippen molar-refractivity contribution in [2.45, 2.75) is 62.9 Å². The fraction of sp³-hybridized carbons (Fsp3) is 0.364. The topological polar surface area (TPSA) is 73.0 Å². The van der Waals surface area contributed by atoms with E-state index in [4.69, 9.17) is 0 Å². The van der Waals surface area contributed by atoms with Gasteiger partial charge in [0.25, 0.3) is 5.91 Å². The van der Waals surface area contributed by atoms with Gasteiger partial charge in [-0.2, -0.15) is 0 Å². The van der Waals surface area contributed by atoms with Crippen molar-refractivity contribution in [2.24, 2.45) is 0 Å². The van der Waals surface area contributed by atoms with Gasteiger partial charge in [0, 0.05) is 54.8 Å². The van der Waals surface area contributed by atoms with Gasteiger partial charge in [0.2, 0.25) is 11.8 Å². The van der Waals surface area contributed by atoms with Crippen LogP contribution in [0.25, 0.3) is 0 Å². The zero-order valence-electron chi connectivity index (χ0n) is 22.8. The highest BCUT2D eigenvalue weighted by molar-refractivity contribution is 6.05. The van der Waals surface area contributed by atoms with Crippen LogP contribution in [0.1, 0.15) is 64.3 Å². The summed E-state index contributed by atoms with van der Waals surface area (Å²) in [5, 5.41) is 2.31. The SMILES string of the molecule is O=C1CCC(N2Cc3c(ccc(CN4C5CCC4CN(C(c4ccccc4)c4ccccc4)C5)c3F)C2=O)C(=O)N1. The van der Waals surface area contributed by atoms with Crippen LogP contribution in [0.15, 0.2) is 72.8 Å². The summed E-state index contributed by atoms with van der Waals surface area (Å²) in [4.78, 5) is 43.5. The Kier molecular flexibility index (Phi) is 6.67. The van der Waals surface area contributed by atoms with Gasteiger partial charge in [-0.3, -0.25) is 29.5 Å². The third kappa shape index (κ3) is 4.65. The number of hydrogen-bond donors (Lipinski definition) is 1. The van der Waals surface area contributed by atoms with Crippen LogP contribution in [0.2, 0.25) is 0 Å². The van der Waals surface area contributed by atoms with Crippen LogP contribution in [-0.2, 0) is 22.7 Å². The van der Waals surface area contributed by atoms with E-state index >= 15 is 4.39 Å². The van der Waals surface area contributed by atoms with Crippen molar-refractivity contribution in [2.75, 3.05) is 13.1 Å². The summed E-state index contributed by atoms with van der Waals surface area (Å²) < 4.78 is 16.0. The van der Waals surface area contributed by atoms with Gasteiger partial charge in [-0.05, 0) is 36.5 Å². The second kappa shape index (κ2) is 10.5. The van der Waals surface area contributed by atoms with E-state index in [-0.39, 0.29) is 43.1 Å². The predicted octanol–water partition coefficient (Wildman–Crippen LogP) is 4.02. The summed E-state index contributed by atoms with van der Waals surface area (Å²) in [5.74, 6) is -1.51. The molecule has 7 nitrogen and oxygen atoms in total. The molecule has 7 rings (SSSR count). The molecule has 3 unspecified atom stereocenters. The number of amides is 3. The first-order valence-corrected chi connectivity index (χ1v) is 14.5. The molecule has 3 aromatic carbocycles. The molecule has 0 aliphatic carbocycles. The molecule has 3 atom stereocenters. The van der Waals surface area contributed by atoms with E-state index in [2.05, 4.69) is 75.8 Å². The number of carbonyl (C=O) groups excluding carboxylic acids is 3. The first-order chi connectivity index (χ1) is 20.0. The molecular weight excluding hydrogens is 519 g/mol. The highest BCUT2D eigenvalue weighted by Gasteiger charge is 2.44. The molecule has 210 valence electrons. The molecule has 1 N–H and O–H groups in total. The first kappa shape index (κ1) is 26.0. The molecular formula is C33H33FN4O3. The molecule has 4 aliphatic heterocycles. The highest BCUT2D eigenvalue weighted by Crippen LogP contribution is 2.39. The number of nitrogens with zero attached hydrogens (tertiary/aromatic N) is 3. The largest absolute Gasteiger partial charge is 0.322 e. The van der Waals surface area contributed by atoms with Crippen molar-refractivity contribution in [3.63, 3.8) is 0 Å². The van der Waals surface area contributed by atoms with Gasteiger partial charge < -0.3 is 4.90 Å². The minimum atomic E-state index is -0.749. The Labute approximate surface area is 238 Å². The Balaban J connectivity index is 1.10. The summed E-state index contributed by atoms with van der Waals surface area (Å²) in [5.41, 5.74) is 3.83.